The summed E-state index contributed by atoms with van der Waals surface area (Å²) in [5, 5.41) is 0.848. The minimum absolute atomic E-state index is 0.00273. The van der Waals surface area contributed by atoms with E-state index in [4.69, 9.17) is 25.8 Å². The molecule has 0 amide bonds. The van der Waals surface area contributed by atoms with Crippen LogP contribution >= 0.6 is 34.2 Å². The van der Waals surface area contributed by atoms with Crippen molar-refractivity contribution in [2.75, 3.05) is 13.2 Å². The first-order valence-electron chi connectivity index (χ1n) is 10.8. The molecule has 5 rings (SSSR count). The van der Waals surface area contributed by atoms with Gasteiger partial charge in [-0.15, -0.1) is 0 Å². The van der Waals surface area contributed by atoms with Crippen molar-refractivity contribution in [3.63, 3.8) is 0 Å². The maximum Gasteiger partial charge on any atom is 0.223 e. The average Bonchev–Trinajstić information content (AvgIpc) is 3.62. The summed E-state index contributed by atoms with van der Waals surface area (Å²) >= 11 is 8.60. The van der Waals surface area contributed by atoms with Crippen molar-refractivity contribution >= 4 is 45.1 Å². The molecule has 0 spiro atoms. The molecule has 2 unspecified atom stereocenters. The van der Waals surface area contributed by atoms with E-state index < -0.39 is 5.60 Å². The highest BCUT2D eigenvalue weighted by Crippen LogP contribution is 2.44. The third-order valence-corrected chi connectivity index (χ3v) is 6.66. The Kier molecular flexibility index (Phi) is 6.63. The zero-order valence-corrected chi connectivity index (χ0v) is 20.3. The lowest BCUT2D eigenvalue weighted by Crippen LogP contribution is -2.41. The molecule has 1 aromatic heterocycles. The largest absolute Gasteiger partial charge is 0.358 e. The van der Waals surface area contributed by atoms with Gasteiger partial charge in [0.1, 0.15) is 5.82 Å². The Morgan fingerprint density at radius 2 is 1.97 bits per heavy atom. The third kappa shape index (κ3) is 4.63. The molecule has 168 valence electrons. The van der Waals surface area contributed by atoms with Crippen LogP contribution in [0.3, 0.4) is 0 Å². The third-order valence-electron chi connectivity index (χ3n) is 5.82. The maximum absolute atomic E-state index is 15.3. The quantitative estimate of drug-likeness (QED) is 0.259. The number of hydrogen-bond acceptors (Lipinski definition) is 5. The van der Waals surface area contributed by atoms with Gasteiger partial charge >= 0.3 is 0 Å². The van der Waals surface area contributed by atoms with Gasteiger partial charge in [-0.1, -0.05) is 18.2 Å². The molecule has 2 heterocycles. The first-order valence-corrected chi connectivity index (χ1v) is 12.3. The van der Waals surface area contributed by atoms with Crippen molar-refractivity contribution in [2.24, 2.45) is 0 Å². The Labute approximate surface area is 204 Å². The monoisotopic (exact) mass is 568 g/mol. The highest BCUT2D eigenvalue weighted by molar-refractivity contribution is 14.1. The van der Waals surface area contributed by atoms with Gasteiger partial charge in [0.25, 0.3) is 0 Å². The summed E-state index contributed by atoms with van der Waals surface area (Å²) in [6, 6.07) is 12.5. The molecular formula is C24H23ClFIN2O3. The molecule has 2 fully saturated rings. The van der Waals surface area contributed by atoms with Crippen LogP contribution in [0.5, 0.6) is 0 Å². The fraction of sp³-hybridized carbons (Fsp3) is 0.417. The Balaban J connectivity index is 1.70. The Bertz CT molecular complexity index is 1120. The molecule has 32 heavy (non-hydrogen) atoms. The van der Waals surface area contributed by atoms with Crippen LogP contribution < -0.4 is 0 Å². The molecular weight excluding hydrogens is 546 g/mol. The zero-order valence-electron chi connectivity index (χ0n) is 17.4. The molecule has 0 radical (unpaired) electrons. The lowest BCUT2D eigenvalue weighted by molar-refractivity contribution is -0.198. The van der Waals surface area contributed by atoms with Crippen LogP contribution in [0.4, 0.5) is 4.39 Å². The zero-order chi connectivity index (χ0) is 22.1. The van der Waals surface area contributed by atoms with Crippen molar-refractivity contribution in [1.82, 2.24) is 9.97 Å². The van der Waals surface area contributed by atoms with E-state index in [1.54, 1.807) is 18.2 Å². The molecule has 8 heteroatoms. The molecule has 0 N–H and O–H groups in total. The van der Waals surface area contributed by atoms with Crippen molar-refractivity contribution in [1.29, 1.82) is 0 Å². The van der Waals surface area contributed by atoms with Crippen LogP contribution in [0, 0.1) is 9.39 Å². The second kappa shape index (κ2) is 9.46. The van der Waals surface area contributed by atoms with Crippen LogP contribution in [0.25, 0.3) is 10.9 Å². The molecule has 5 nitrogen and oxygen atoms in total. The summed E-state index contributed by atoms with van der Waals surface area (Å²) in [4.78, 5) is 9.00. The smallest absolute Gasteiger partial charge is 0.223 e. The van der Waals surface area contributed by atoms with Crippen molar-refractivity contribution in [3.05, 3.63) is 68.4 Å². The summed E-state index contributed by atoms with van der Waals surface area (Å²) in [5.41, 5.74) is 0.272. The number of aromatic nitrogens is 2. The topological polar surface area (TPSA) is 53.5 Å². The highest BCUT2D eigenvalue weighted by Gasteiger charge is 2.46. The molecule has 1 saturated carbocycles. The van der Waals surface area contributed by atoms with E-state index in [1.165, 1.54) is 6.07 Å². The summed E-state index contributed by atoms with van der Waals surface area (Å²) in [6.07, 6.45) is 4.29. The average molecular weight is 569 g/mol. The van der Waals surface area contributed by atoms with Crippen molar-refractivity contribution in [2.45, 2.75) is 50.1 Å². The number of halogens is 3. The maximum atomic E-state index is 15.3. The van der Waals surface area contributed by atoms with E-state index >= 15 is 4.39 Å². The number of ether oxygens (including phenoxy) is 3. The number of rotatable bonds is 7. The second-order valence-corrected chi connectivity index (χ2v) is 9.82. The van der Waals surface area contributed by atoms with E-state index in [0.29, 0.717) is 23.4 Å². The standard InChI is InChI=1S/C24H23ClFIN2O3/c25-23-28-20-11-8-15(27)13-17(20)22(29-23)24(32-16-9-10-16,18-5-1-2-6-19(18)26)14-31-21-7-3-4-12-30-21/h1-2,5-6,8,11,13,16,21H,3-4,7,9-10,12,14H2. The summed E-state index contributed by atoms with van der Waals surface area (Å²) < 4.78 is 35.0. The number of hydrogen-bond donors (Lipinski definition) is 0. The van der Waals surface area contributed by atoms with Gasteiger partial charge in [0.2, 0.25) is 5.28 Å². The van der Waals surface area contributed by atoms with Crippen LogP contribution in [0.2, 0.25) is 5.28 Å². The Hall–Kier alpha value is -1.39. The van der Waals surface area contributed by atoms with Crippen LogP contribution in [0.1, 0.15) is 43.4 Å². The SMILES string of the molecule is Fc1ccccc1C(COC1CCCCO1)(OC1CC1)c1nc(Cl)nc2ccc(I)cc12. The van der Waals surface area contributed by atoms with E-state index in [0.717, 1.165) is 41.1 Å². The minimum Gasteiger partial charge on any atom is -0.358 e. The fourth-order valence-electron chi connectivity index (χ4n) is 4.12. The number of benzene rings is 2. The van der Waals surface area contributed by atoms with Gasteiger partial charge in [0.05, 0.1) is 23.9 Å². The molecule has 2 aromatic carbocycles. The van der Waals surface area contributed by atoms with Crippen molar-refractivity contribution in [3.8, 4) is 0 Å². The first-order chi connectivity index (χ1) is 15.5. The van der Waals surface area contributed by atoms with Gasteiger partial charge < -0.3 is 14.2 Å². The summed E-state index contributed by atoms with van der Waals surface area (Å²) in [6.45, 7) is 0.713. The van der Waals surface area contributed by atoms with Gasteiger partial charge in [-0.25, -0.2) is 14.4 Å². The number of fused-ring (bicyclic) bond motifs is 1. The minimum atomic E-state index is -1.29. The van der Waals surface area contributed by atoms with Crippen LogP contribution in [-0.4, -0.2) is 35.6 Å². The molecule has 1 aliphatic heterocycles. The fourth-order valence-corrected chi connectivity index (χ4v) is 4.79. The predicted molar refractivity (Wildman–Crippen MR) is 128 cm³/mol. The van der Waals surface area contributed by atoms with E-state index in [1.807, 2.05) is 18.2 Å². The predicted octanol–water partition coefficient (Wildman–Crippen LogP) is 5.99. The Morgan fingerprint density at radius 1 is 1.12 bits per heavy atom. The van der Waals surface area contributed by atoms with E-state index in [9.17, 15) is 0 Å². The molecule has 0 bridgehead atoms. The van der Waals surface area contributed by atoms with Crippen LogP contribution in [0.15, 0.2) is 42.5 Å². The van der Waals surface area contributed by atoms with Gasteiger partial charge in [0.15, 0.2) is 11.9 Å². The normalized spacial score (nSPS) is 20.9. The highest BCUT2D eigenvalue weighted by atomic mass is 127. The summed E-state index contributed by atoms with van der Waals surface area (Å²) in [7, 11) is 0. The molecule has 2 aliphatic rings. The van der Waals surface area contributed by atoms with E-state index in [-0.39, 0.29) is 30.1 Å². The molecule has 2 atom stereocenters. The molecule has 1 saturated heterocycles. The number of nitrogens with zero attached hydrogens (tertiary/aromatic N) is 2. The van der Waals surface area contributed by atoms with Gasteiger partial charge in [-0.2, -0.15) is 0 Å². The lowest BCUT2D eigenvalue weighted by atomic mass is 9.87. The van der Waals surface area contributed by atoms with Gasteiger partial charge in [0, 0.05) is 21.1 Å². The van der Waals surface area contributed by atoms with Crippen LogP contribution in [-0.2, 0) is 19.8 Å². The second-order valence-electron chi connectivity index (χ2n) is 8.23. The lowest BCUT2D eigenvalue weighted by Gasteiger charge is -2.36. The van der Waals surface area contributed by atoms with Gasteiger partial charge in [-0.3, -0.25) is 0 Å². The first kappa shape index (κ1) is 22.4. The summed E-state index contributed by atoms with van der Waals surface area (Å²) in [5.74, 6) is -0.380. The van der Waals surface area contributed by atoms with Gasteiger partial charge in [-0.05, 0) is 90.6 Å². The van der Waals surface area contributed by atoms with Crippen molar-refractivity contribution < 1.29 is 18.6 Å². The Morgan fingerprint density at radius 3 is 2.72 bits per heavy atom. The van der Waals surface area contributed by atoms with E-state index in [2.05, 4.69) is 32.6 Å². The molecule has 3 aromatic rings. The molecule has 1 aliphatic carbocycles.